The zero-order valence-electron chi connectivity index (χ0n) is 18.1. The number of methoxy groups -OCH3 is 1. The molecule has 1 aromatic heterocycles. The highest BCUT2D eigenvalue weighted by Crippen LogP contribution is 2.32. The Labute approximate surface area is 168 Å². The molecule has 0 unspecified atom stereocenters. The summed E-state index contributed by atoms with van der Waals surface area (Å²) in [5, 5.41) is 12.8. The molecule has 2 aromatic rings. The lowest BCUT2D eigenvalue weighted by molar-refractivity contribution is 0.126. The van der Waals surface area contributed by atoms with Crippen molar-refractivity contribution in [2.24, 2.45) is 5.92 Å². The van der Waals surface area contributed by atoms with E-state index in [4.69, 9.17) is 4.74 Å². The first-order valence-corrected chi connectivity index (χ1v) is 10.3. The van der Waals surface area contributed by atoms with Gasteiger partial charge >= 0.3 is 0 Å². The smallest absolute Gasteiger partial charge is 0.169 e. The summed E-state index contributed by atoms with van der Waals surface area (Å²) in [5.74, 6) is 2.32. The Balaban J connectivity index is 1.74. The Morgan fingerprint density at radius 3 is 2.25 bits per heavy atom. The highest BCUT2D eigenvalue weighted by atomic mass is 16.5. The van der Waals surface area contributed by atoms with E-state index in [2.05, 4.69) is 72.1 Å². The van der Waals surface area contributed by atoms with Gasteiger partial charge in [-0.15, -0.1) is 5.10 Å². The molecule has 1 aliphatic heterocycles. The van der Waals surface area contributed by atoms with Crippen LogP contribution in [0.3, 0.4) is 0 Å². The van der Waals surface area contributed by atoms with Crippen LogP contribution in [-0.2, 0) is 5.54 Å². The fourth-order valence-electron chi connectivity index (χ4n) is 3.89. The molecule has 3 rings (SSSR count). The summed E-state index contributed by atoms with van der Waals surface area (Å²) >= 11 is 0. The van der Waals surface area contributed by atoms with E-state index in [1.54, 1.807) is 7.11 Å². The topological polar surface area (TPSA) is 59.3 Å². The van der Waals surface area contributed by atoms with E-state index in [1.807, 2.05) is 16.8 Å². The van der Waals surface area contributed by atoms with Crippen LogP contribution in [0.25, 0.3) is 0 Å². The quantitative estimate of drug-likeness (QED) is 0.727. The van der Waals surface area contributed by atoms with Crippen molar-refractivity contribution in [3.05, 3.63) is 30.1 Å². The molecule has 1 fully saturated rings. The lowest BCUT2D eigenvalue weighted by atomic mass is 9.97. The van der Waals surface area contributed by atoms with Gasteiger partial charge in [0.2, 0.25) is 0 Å². The molecule has 7 heteroatoms. The number of hydrogen-bond donors (Lipinski definition) is 0. The molecule has 7 nitrogen and oxygen atoms in total. The van der Waals surface area contributed by atoms with Crippen molar-refractivity contribution >= 4 is 5.69 Å². The summed E-state index contributed by atoms with van der Waals surface area (Å²) < 4.78 is 7.31. The van der Waals surface area contributed by atoms with Crippen molar-refractivity contribution in [1.29, 1.82) is 0 Å². The van der Waals surface area contributed by atoms with Crippen molar-refractivity contribution in [3.63, 3.8) is 0 Å². The molecule has 2 heterocycles. The van der Waals surface area contributed by atoms with Gasteiger partial charge < -0.3 is 9.64 Å². The molecule has 0 saturated carbocycles. The molecule has 1 aliphatic rings. The molecule has 0 radical (unpaired) electrons. The molecular formula is C21H34N6O. The molecule has 1 saturated heterocycles. The maximum Gasteiger partial charge on any atom is 0.169 e. The summed E-state index contributed by atoms with van der Waals surface area (Å²) in [7, 11) is 1.70. The van der Waals surface area contributed by atoms with Crippen molar-refractivity contribution in [1.82, 2.24) is 25.1 Å². The average Bonchev–Trinajstić information content (AvgIpc) is 3.19. The molecule has 0 N–H and O–H groups in total. The third-order valence-corrected chi connectivity index (χ3v) is 5.97. The third kappa shape index (κ3) is 4.14. The summed E-state index contributed by atoms with van der Waals surface area (Å²) in [4.78, 5) is 4.98. The van der Waals surface area contributed by atoms with Gasteiger partial charge in [-0.05, 0) is 60.9 Å². The van der Waals surface area contributed by atoms with Crippen molar-refractivity contribution in [2.45, 2.75) is 52.6 Å². The van der Waals surface area contributed by atoms with Crippen LogP contribution in [0.15, 0.2) is 24.3 Å². The normalized spacial score (nSPS) is 17.2. The Kier molecular flexibility index (Phi) is 6.23. The highest BCUT2D eigenvalue weighted by molar-refractivity contribution is 5.49. The Morgan fingerprint density at radius 2 is 1.71 bits per heavy atom. The minimum atomic E-state index is -0.0864. The van der Waals surface area contributed by atoms with E-state index in [0.717, 1.165) is 44.2 Å². The van der Waals surface area contributed by atoms with E-state index >= 15 is 0 Å². The van der Waals surface area contributed by atoms with Crippen LogP contribution in [0.5, 0.6) is 5.75 Å². The highest BCUT2D eigenvalue weighted by Gasteiger charge is 2.34. The minimum Gasteiger partial charge on any atom is -0.497 e. The Hall–Kier alpha value is -2.15. The van der Waals surface area contributed by atoms with Crippen molar-refractivity contribution in [2.75, 3.05) is 38.2 Å². The summed E-state index contributed by atoms with van der Waals surface area (Å²) in [6.45, 7) is 15.1. The molecule has 0 spiro atoms. The van der Waals surface area contributed by atoms with Gasteiger partial charge in [-0.25, -0.2) is 4.68 Å². The number of rotatable bonds is 7. The van der Waals surface area contributed by atoms with E-state index in [-0.39, 0.29) is 11.6 Å². The molecule has 0 aliphatic carbocycles. The number of nitrogens with zero attached hydrogens (tertiary/aromatic N) is 6. The van der Waals surface area contributed by atoms with E-state index in [0.29, 0.717) is 5.92 Å². The minimum absolute atomic E-state index is 0.0864. The largest absolute Gasteiger partial charge is 0.497 e. The van der Waals surface area contributed by atoms with Gasteiger partial charge in [0.15, 0.2) is 5.82 Å². The van der Waals surface area contributed by atoms with Gasteiger partial charge in [-0.2, -0.15) is 0 Å². The molecule has 154 valence electrons. The molecule has 1 atom stereocenters. The lowest BCUT2D eigenvalue weighted by Crippen LogP contribution is -2.49. The van der Waals surface area contributed by atoms with Crippen LogP contribution in [0, 0.1) is 5.92 Å². The molecule has 28 heavy (non-hydrogen) atoms. The van der Waals surface area contributed by atoms with Crippen LogP contribution in [0.1, 0.15) is 52.9 Å². The monoisotopic (exact) mass is 386 g/mol. The SMILES string of the molecule is CCC(C)(C)n1nnnc1[C@@H](C(C)C)N1CCN(c2ccc(OC)cc2)CC1. The van der Waals surface area contributed by atoms with Gasteiger partial charge in [0, 0.05) is 31.9 Å². The fraction of sp³-hybridized carbons (Fsp3) is 0.667. The standard InChI is InChI=1S/C21H34N6O/c1-7-21(4,5)27-20(22-23-24-27)19(16(2)3)26-14-12-25(13-15-26)17-8-10-18(28-6)11-9-17/h8-11,16,19H,7,12-15H2,1-6H3/t19-/m1/s1. The number of piperazine rings is 1. The zero-order valence-corrected chi connectivity index (χ0v) is 18.1. The first-order valence-electron chi connectivity index (χ1n) is 10.3. The van der Waals surface area contributed by atoms with Crippen LogP contribution >= 0.6 is 0 Å². The van der Waals surface area contributed by atoms with E-state index in [9.17, 15) is 0 Å². The number of anilines is 1. The van der Waals surface area contributed by atoms with Crippen LogP contribution in [-0.4, -0.2) is 58.4 Å². The Bertz CT molecular complexity index is 747. The van der Waals surface area contributed by atoms with Gasteiger partial charge in [0.1, 0.15) is 5.75 Å². The van der Waals surface area contributed by atoms with Crippen molar-refractivity contribution < 1.29 is 4.74 Å². The second-order valence-corrected chi connectivity index (χ2v) is 8.52. The Morgan fingerprint density at radius 1 is 1.07 bits per heavy atom. The van der Waals surface area contributed by atoms with Crippen molar-refractivity contribution in [3.8, 4) is 5.75 Å². The maximum absolute atomic E-state index is 5.27. The summed E-state index contributed by atoms with van der Waals surface area (Å²) in [6, 6.07) is 8.55. The van der Waals surface area contributed by atoms with Crippen LogP contribution < -0.4 is 9.64 Å². The third-order valence-electron chi connectivity index (χ3n) is 5.97. The van der Waals surface area contributed by atoms with Gasteiger partial charge in [-0.1, -0.05) is 20.8 Å². The van der Waals surface area contributed by atoms with Gasteiger partial charge in [0.05, 0.1) is 18.7 Å². The zero-order chi connectivity index (χ0) is 20.3. The number of aromatic nitrogens is 4. The lowest BCUT2D eigenvalue weighted by Gasteiger charge is -2.41. The first kappa shape index (κ1) is 20.6. The molecule has 0 amide bonds. The second-order valence-electron chi connectivity index (χ2n) is 8.52. The summed E-state index contributed by atoms with van der Waals surface area (Å²) in [5.41, 5.74) is 1.16. The fourth-order valence-corrected chi connectivity index (χ4v) is 3.89. The predicted octanol–water partition coefficient (Wildman–Crippen LogP) is 3.35. The van der Waals surface area contributed by atoms with Gasteiger partial charge in [-0.3, -0.25) is 4.90 Å². The number of tetrazole rings is 1. The van der Waals surface area contributed by atoms with E-state index in [1.165, 1.54) is 5.69 Å². The number of ether oxygens (including phenoxy) is 1. The molecule has 1 aromatic carbocycles. The van der Waals surface area contributed by atoms with Gasteiger partial charge in [0.25, 0.3) is 0 Å². The second kappa shape index (κ2) is 8.47. The first-order chi connectivity index (χ1) is 13.4. The van der Waals surface area contributed by atoms with Crippen LogP contribution in [0.2, 0.25) is 0 Å². The average molecular weight is 387 g/mol. The predicted molar refractivity (Wildman–Crippen MR) is 112 cm³/mol. The number of hydrogen-bond acceptors (Lipinski definition) is 6. The maximum atomic E-state index is 5.27. The van der Waals surface area contributed by atoms with E-state index < -0.39 is 0 Å². The molecule has 0 bridgehead atoms. The number of benzene rings is 1. The van der Waals surface area contributed by atoms with Crippen LogP contribution in [0.4, 0.5) is 5.69 Å². The summed E-state index contributed by atoms with van der Waals surface area (Å²) in [6.07, 6.45) is 0.987. The molecular weight excluding hydrogens is 352 g/mol.